The Balaban J connectivity index is 2.30. The number of rotatable bonds is 1. The van der Waals surface area contributed by atoms with Crippen molar-refractivity contribution in [1.82, 2.24) is 9.78 Å². The normalized spacial score (nSPS) is 22.9. The molecule has 0 amide bonds. The molecule has 0 N–H and O–H groups in total. The predicted octanol–water partition coefficient (Wildman–Crippen LogP) is 2.59. The van der Waals surface area contributed by atoms with E-state index in [1.54, 1.807) is 0 Å². The smallest absolute Gasteiger partial charge is 0.0635 e. The largest absolute Gasteiger partial charge is 0.268 e. The van der Waals surface area contributed by atoms with Gasteiger partial charge in [0.2, 0.25) is 0 Å². The maximum Gasteiger partial charge on any atom is 0.0635 e. The molecule has 0 saturated heterocycles. The number of nitrogens with zero attached hydrogens (tertiary/aromatic N) is 2. The molecule has 0 bridgehead atoms. The van der Waals surface area contributed by atoms with E-state index >= 15 is 0 Å². The highest BCUT2D eigenvalue weighted by molar-refractivity contribution is 6.22. The van der Waals surface area contributed by atoms with Crippen molar-refractivity contribution in [3.8, 4) is 0 Å². The molecule has 70 valence electrons. The summed E-state index contributed by atoms with van der Waals surface area (Å²) in [5.41, 5.74) is 2.54. The molecule has 1 aromatic rings. The second kappa shape index (κ2) is 3.54. The third-order valence-corrected chi connectivity index (χ3v) is 2.80. The van der Waals surface area contributed by atoms with Gasteiger partial charge in [-0.3, -0.25) is 4.68 Å². The molecule has 13 heavy (non-hydrogen) atoms. The summed E-state index contributed by atoms with van der Waals surface area (Å²) in [5.74, 6) is 0. The average molecular weight is 197 g/mol. The van der Waals surface area contributed by atoms with Crippen LogP contribution in [-0.4, -0.2) is 15.2 Å². The molecule has 1 atom stereocenters. The number of allylic oxidation sites excluding steroid dienone is 2. The van der Waals surface area contributed by atoms with Crippen LogP contribution >= 0.6 is 11.6 Å². The minimum absolute atomic E-state index is 0.207. The summed E-state index contributed by atoms with van der Waals surface area (Å²) in [5, 5.41) is 4.36. The Hall–Kier alpha value is -0.760. The van der Waals surface area contributed by atoms with Crippen LogP contribution in [0.3, 0.4) is 0 Å². The van der Waals surface area contributed by atoms with Gasteiger partial charge in [-0.2, -0.15) is 5.10 Å². The Bertz CT molecular complexity index is 327. The molecule has 2 nitrogen and oxygen atoms in total. The molecule has 1 aliphatic rings. The predicted molar refractivity (Wildman–Crippen MR) is 54.7 cm³/mol. The highest BCUT2D eigenvalue weighted by Crippen LogP contribution is 2.28. The summed E-state index contributed by atoms with van der Waals surface area (Å²) in [6, 6.07) is 2.04. The fourth-order valence-electron chi connectivity index (χ4n) is 1.77. The molecule has 3 heteroatoms. The maximum absolute atomic E-state index is 6.07. The van der Waals surface area contributed by atoms with Crippen LogP contribution < -0.4 is 0 Å². The molecule has 1 aromatic heterocycles. The van der Waals surface area contributed by atoms with Gasteiger partial charge in [0.05, 0.1) is 11.1 Å². The Labute approximate surface area is 83.2 Å². The van der Waals surface area contributed by atoms with Gasteiger partial charge in [-0.05, 0) is 30.9 Å². The number of hydrogen-bond donors (Lipinski definition) is 0. The molecule has 0 saturated carbocycles. The Kier molecular flexibility index (Phi) is 2.40. The van der Waals surface area contributed by atoms with E-state index < -0.39 is 0 Å². The molecular formula is C10H13ClN2. The number of aromatic nitrogens is 2. The minimum atomic E-state index is 0.207. The summed E-state index contributed by atoms with van der Waals surface area (Å²) in [6.45, 7) is 0. The summed E-state index contributed by atoms with van der Waals surface area (Å²) in [7, 11) is 1.97. The molecule has 1 aliphatic carbocycles. The number of aryl methyl sites for hydroxylation is 1. The van der Waals surface area contributed by atoms with Gasteiger partial charge in [-0.15, -0.1) is 11.6 Å². The van der Waals surface area contributed by atoms with E-state index in [9.17, 15) is 0 Å². The van der Waals surface area contributed by atoms with Crippen LogP contribution in [0.5, 0.6) is 0 Å². The van der Waals surface area contributed by atoms with Gasteiger partial charge in [-0.1, -0.05) is 6.08 Å². The average Bonchev–Trinajstić information content (AvgIpc) is 2.51. The van der Waals surface area contributed by atoms with Gasteiger partial charge in [-0.25, -0.2) is 0 Å². The molecule has 1 heterocycles. The third kappa shape index (κ3) is 1.78. The lowest BCUT2D eigenvalue weighted by Crippen LogP contribution is -2.05. The lowest BCUT2D eigenvalue weighted by molar-refractivity contribution is 0.717. The zero-order valence-electron chi connectivity index (χ0n) is 7.70. The lowest BCUT2D eigenvalue weighted by Gasteiger charge is -2.16. The Morgan fingerprint density at radius 1 is 1.62 bits per heavy atom. The first-order valence-corrected chi connectivity index (χ1v) is 5.04. The first-order valence-electron chi connectivity index (χ1n) is 4.60. The molecule has 0 fully saturated rings. The van der Waals surface area contributed by atoms with Crippen LogP contribution in [0, 0.1) is 0 Å². The molecule has 0 radical (unpaired) electrons. The van der Waals surface area contributed by atoms with Crippen molar-refractivity contribution in [3.63, 3.8) is 0 Å². The topological polar surface area (TPSA) is 17.8 Å². The lowest BCUT2D eigenvalue weighted by atomic mass is 9.97. The summed E-state index contributed by atoms with van der Waals surface area (Å²) in [6.07, 6.45) is 7.40. The Morgan fingerprint density at radius 3 is 3.08 bits per heavy atom. The highest BCUT2D eigenvalue weighted by Gasteiger charge is 2.14. The molecule has 0 aliphatic heterocycles. The standard InChI is InChI=1S/C10H13ClN2/c1-13-10(5-6-12-13)8-3-2-4-9(11)7-8/h5-7,9H,2-4H2,1H3. The van der Waals surface area contributed by atoms with Crippen molar-refractivity contribution in [2.45, 2.75) is 24.6 Å². The summed E-state index contributed by atoms with van der Waals surface area (Å²) < 4.78 is 1.90. The summed E-state index contributed by atoms with van der Waals surface area (Å²) >= 11 is 6.07. The molecule has 0 spiro atoms. The van der Waals surface area contributed by atoms with Gasteiger partial charge >= 0.3 is 0 Å². The zero-order chi connectivity index (χ0) is 9.26. The number of alkyl halides is 1. The molecule has 1 unspecified atom stereocenters. The zero-order valence-corrected chi connectivity index (χ0v) is 8.46. The Morgan fingerprint density at radius 2 is 2.46 bits per heavy atom. The second-order valence-corrected chi connectivity index (χ2v) is 4.00. The van der Waals surface area contributed by atoms with Gasteiger partial charge in [0.15, 0.2) is 0 Å². The molecular weight excluding hydrogens is 184 g/mol. The summed E-state index contributed by atoms with van der Waals surface area (Å²) in [4.78, 5) is 0. The molecule has 2 rings (SSSR count). The van der Waals surface area contributed by atoms with Crippen molar-refractivity contribution in [2.24, 2.45) is 7.05 Å². The van der Waals surface area contributed by atoms with Crippen LogP contribution in [0.25, 0.3) is 5.57 Å². The number of halogens is 1. The van der Waals surface area contributed by atoms with E-state index in [4.69, 9.17) is 11.6 Å². The van der Waals surface area contributed by atoms with Crippen LogP contribution in [0.15, 0.2) is 18.3 Å². The van der Waals surface area contributed by atoms with Crippen molar-refractivity contribution in [1.29, 1.82) is 0 Å². The van der Waals surface area contributed by atoms with E-state index in [2.05, 4.69) is 11.2 Å². The van der Waals surface area contributed by atoms with Crippen LogP contribution in [0.4, 0.5) is 0 Å². The van der Waals surface area contributed by atoms with E-state index in [1.165, 1.54) is 17.7 Å². The van der Waals surface area contributed by atoms with Crippen molar-refractivity contribution >= 4 is 17.2 Å². The third-order valence-electron chi connectivity index (χ3n) is 2.46. The van der Waals surface area contributed by atoms with Crippen molar-refractivity contribution in [2.75, 3.05) is 0 Å². The van der Waals surface area contributed by atoms with Gasteiger partial charge in [0.1, 0.15) is 0 Å². The minimum Gasteiger partial charge on any atom is -0.268 e. The first kappa shape index (κ1) is 8.82. The van der Waals surface area contributed by atoms with Gasteiger partial charge in [0.25, 0.3) is 0 Å². The highest BCUT2D eigenvalue weighted by atomic mass is 35.5. The van der Waals surface area contributed by atoms with E-state index in [0.29, 0.717) is 0 Å². The fourth-order valence-corrected chi connectivity index (χ4v) is 2.08. The van der Waals surface area contributed by atoms with Crippen LogP contribution in [0.2, 0.25) is 0 Å². The maximum atomic E-state index is 6.07. The van der Waals surface area contributed by atoms with E-state index in [-0.39, 0.29) is 5.38 Å². The SMILES string of the molecule is Cn1nccc1C1=CC(Cl)CCC1. The van der Waals surface area contributed by atoms with Crippen molar-refractivity contribution in [3.05, 3.63) is 24.0 Å². The van der Waals surface area contributed by atoms with Crippen LogP contribution in [-0.2, 0) is 7.05 Å². The van der Waals surface area contributed by atoms with E-state index in [1.807, 2.05) is 24.0 Å². The van der Waals surface area contributed by atoms with Crippen LogP contribution in [0.1, 0.15) is 25.0 Å². The fraction of sp³-hybridized carbons (Fsp3) is 0.500. The second-order valence-electron chi connectivity index (χ2n) is 3.44. The number of hydrogen-bond acceptors (Lipinski definition) is 1. The first-order chi connectivity index (χ1) is 6.27. The quantitative estimate of drug-likeness (QED) is 0.632. The van der Waals surface area contributed by atoms with Gasteiger partial charge in [0, 0.05) is 13.2 Å². The molecule has 0 aromatic carbocycles. The van der Waals surface area contributed by atoms with E-state index in [0.717, 1.165) is 12.8 Å². The van der Waals surface area contributed by atoms with Gasteiger partial charge < -0.3 is 0 Å². The monoisotopic (exact) mass is 196 g/mol. The van der Waals surface area contributed by atoms with Crippen molar-refractivity contribution < 1.29 is 0 Å².